The summed E-state index contributed by atoms with van der Waals surface area (Å²) < 4.78 is 13.7. The highest BCUT2D eigenvalue weighted by atomic mass is 19.1. The molecule has 1 aromatic rings. The van der Waals surface area contributed by atoms with Crippen LogP contribution in [0.15, 0.2) is 18.2 Å². The number of rotatable bonds is 4. The van der Waals surface area contributed by atoms with Crippen molar-refractivity contribution in [3.05, 3.63) is 29.6 Å². The van der Waals surface area contributed by atoms with Gasteiger partial charge in [-0.15, -0.1) is 0 Å². The Morgan fingerprint density at radius 2 is 2.10 bits per heavy atom. The van der Waals surface area contributed by atoms with Crippen LogP contribution >= 0.6 is 0 Å². The van der Waals surface area contributed by atoms with Gasteiger partial charge in [-0.2, -0.15) is 0 Å². The zero-order valence-corrected chi connectivity index (χ0v) is 11.9. The minimum Gasteiger partial charge on any atom is -0.399 e. The van der Waals surface area contributed by atoms with Gasteiger partial charge in [0.05, 0.1) is 5.56 Å². The van der Waals surface area contributed by atoms with Crippen LogP contribution in [0.3, 0.4) is 0 Å². The Morgan fingerprint density at radius 3 is 2.75 bits per heavy atom. The molecule has 1 aliphatic rings. The van der Waals surface area contributed by atoms with Crippen LogP contribution in [0.5, 0.6) is 0 Å². The third kappa shape index (κ3) is 3.93. The third-order valence-corrected chi connectivity index (χ3v) is 3.60. The molecule has 4 nitrogen and oxygen atoms in total. The molecule has 1 heterocycles. The van der Waals surface area contributed by atoms with Gasteiger partial charge in [-0.05, 0) is 51.1 Å². The van der Waals surface area contributed by atoms with E-state index in [0.29, 0.717) is 5.69 Å². The number of piperidine rings is 1. The van der Waals surface area contributed by atoms with E-state index in [4.69, 9.17) is 5.73 Å². The largest absolute Gasteiger partial charge is 0.399 e. The summed E-state index contributed by atoms with van der Waals surface area (Å²) in [5, 5.41) is 2.84. The summed E-state index contributed by atoms with van der Waals surface area (Å²) in [5.74, 6) is -0.959. The monoisotopic (exact) mass is 279 g/mol. The molecule has 0 aromatic heterocycles. The fourth-order valence-corrected chi connectivity index (χ4v) is 2.59. The fraction of sp³-hybridized carbons (Fsp3) is 0.533. The van der Waals surface area contributed by atoms with Crippen LogP contribution in [-0.2, 0) is 0 Å². The number of nitrogens with zero attached hydrogens (tertiary/aromatic N) is 1. The van der Waals surface area contributed by atoms with Gasteiger partial charge >= 0.3 is 0 Å². The number of benzene rings is 1. The summed E-state index contributed by atoms with van der Waals surface area (Å²) in [6.07, 6.45) is 3.72. The molecule has 1 aliphatic heterocycles. The molecule has 1 atom stereocenters. The summed E-state index contributed by atoms with van der Waals surface area (Å²) in [6, 6.07) is 4.13. The molecular weight excluding hydrogens is 257 g/mol. The molecule has 1 aromatic carbocycles. The highest BCUT2D eigenvalue weighted by Gasteiger charge is 2.17. The topological polar surface area (TPSA) is 58.4 Å². The lowest BCUT2D eigenvalue weighted by atomic mass is 10.1. The Labute approximate surface area is 119 Å². The maximum Gasteiger partial charge on any atom is 0.254 e. The Balaban J connectivity index is 1.89. The van der Waals surface area contributed by atoms with E-state index in [2.05, 4.69) is 10.2 Å². The number of nitrogen functional groups attached to an aromatic ring is 1. The lowest BCUT2D eigenvalue weighted by Gasteiger charge is -2.29. The van der Waals surface area contributed by atoms with E-state index in [1.165, 1.54) is 37.5 Å². The summed E-state index contributed by atoms with van der Waals surface area (Å²) in [4.78, 5) is 14.4. The number of nitrogens with two attached hydrogens (primary N) is 1. The molecule has 0 bridgehead atoms. The summed E-state index contributed by atoms with van der Waals surface area (Å²) in [5.41, 5.74) is 5.84. The molecular formula is C15H22FN3O. The first kappa shape index (κ1) is 14.8. The summed E-state index contributed by atoms with van der Waals surface area (Å²) in [7, 11) is 0. The molecule has 3 N–H and O–H groups in total. The van der Waals surface area contributed by atoms with Crippen LogP contribution in [0.2, 0.25) is 0 Å². The van der Waals surface area contributed by atoms with Gasteiger partial charge in [0.25, 0.3) is 5.91 Å². The smallest absolute Gasteiger partial charge is 0.254 e. The van der Waals surface area contributed by atoms with Crippen LogP contribution in [0.4, 0.5) is 10.1 Å². The van der Waals surface area contributed by atoms with Crippen molar-refractivity contribution >= 4 is 11.6 Å². The van der Waals surface area contributed by atoms with Crippen molar-refractivity contribution < 1.29 is 9.18 Å². The predicted octanol–water partition coefficient (Wildman–Crippen LogP) is 2.01. The quantitative estimate of drug-likeness (QED) is 0.829. The molecule has 0 saturated carbocycles. The number of likely N-dealkylation sites (tertiary alicyclic amines) is 1. The van der Waals surface area contributed by atoms with Crippen LogP contribution < -0.4 is 11.1 Å². The maximum absolute atomic E-state index is 13.7. The van der Waals surface area contributed by atoms with Crippen LogP contribution in [0.1, 0.15) is 36.5 Å². The molecule has 0 spiro atoms. The zero-order chi connectivity index (χ0) is 14.5. The first-order valence-electron chi connectivity index (χ1n) is 7.14. The van der Waals surface area contributed by atoms with Gasteiger partial charge in [-0.3, -0.25) is 4.79 Å². The van der Waals surface area contributed by atoms with E-state index < -0.39 is 5.82 Å². The Bertz CT molecular complexity index is 472. The summed E-state index contributed by atoms with van der Waals surface area (Å²) in [6.45, 7) is 4.91. The van der Waals surface area contributed by atoms with Gasteiger partial charge in [0.1, 0.15) is 5.82 Å². The van der Waals surface area contributed by atoms with Crippen molar-refractivity contribution in [2.45, 2.75) is 32.2 Å². The standard InChI is InChI=1S/C15H22FN3O/c1-11(10-19-7-3-2-4-8-19)18-15(20)13-6-5-12(17)9-14(13)16/h5-6,9,11H,2-4,7-8,10,17H2,1H3,(H,18,20). The Morgan fingerprint density at radius 1 is 1.40 bits per heavy atom. The van der Waals surface area contributed by atoms with Crippen molar-refractivity contribution in [1.82, 2.24) is 10.2 Å². The SMILES string of the molecule is CC(CN1CCCCC1)NC(=O)c1ccc(N)cc1F. The molecule has 1 unspecified atom stereocenters. The average Bonchev–Trinajstić information content (AvgIpc) is 2.39. The van der Waals surface area contributed by atoms with E-state index >= 15 is 0 Å². The van der Waals surface area contributed by atoms with Gasteiger partial charge < -0.3 is 16.0 Å². The normalized spacial score (nSPS) is 17.7. The van der Waals surface area contributed by atoms with Gasteiger partial charge in [-0.1, -0.05) is 6.42 Å². The van der Waals surface area contributed by atoms with E-state index in [9.17, 15) is 9.18 Å². The number of nitrogens with one attached hydrogen (secondary N) is 1. The Kier molecular flexibility index (Phi) is 4.95. The van der Waals surface area contributed by atoms with Gasteiger partial charge in [0.2, 0.25) is 0 Å². The molecule has 0 aliphatic carbocycles. The summed E-state index contributed by atoms with van der Waals surface area (Å²) >= 11 is 0. The van der Waals surface area contributed by atoms with Crippen molar-refractivity contribution in [3.63, 3.8) is 0 Å². The number of hydrogen-bond acceptors (Lipinski definition) is 3. The number of carbonyl (C=O) groups is 1. The van der Waals surface area contributed by atoms with E-state index in [1.54, 1.807) is 0 Å². The number of hydrogen-bond donors (Lipinski definition) is 2. The van der Waals surface area contributed by atoms with Crippen LogP contribution in [0, 0.1) is 5.82 Å². The minimum atomic E-state index is -0.576. The number of carbonyl (C=O) groups excluding carboxylic acids is 1. The second kappa shape index (κ2) is 6.70. The maximum atomic E-state index is 13.7. The molecule has 1 amide bonds. The molecule has 5 heteroatoms. The minimum absolute atomic E-state index is 0.00227. The van der Waals surface area contributed by atoms with Gasteiger partial charge in [-0.25, -0.2) is 4.39 Å². The third-order valence-electron chi connectivity index (χ3n) is 3.60. The molecule has 20 heavy (non-hydrogen) atoms. The highest BCUT2D eigenvalue weighted by molar-refractivity contribution is 5.95. The van der Waals surface area contributed by atoms with Crippen molar-refractivity contribution in [2.75, 3.05) is 25.4 Å². The number of anilines is 1. The molecule has 0 radical (unpaired) electrons. The number of amides is 1. The first-order valence-corrected chi connectivity index (χ1v) is 7.14. The second-order valence-electron chi connectivity index (χ2n) is 5.48. The first-order chi connectivity index (χ1) is 9.56. The predicted molar refractivity (Wildman–Crippen MR) is 78.0 cm³/mol. The second-order valence-corrected chi connectivity index (χ2v) is 5.48. The molecule has 110 valence electrons. The molecule has 1 saturated heterocycles. The van der Waals surface area contributed by atoms with Gasteiger partial charge in [0, 0.05) is 18.3 Å². The molecule has 1 fully saturated rings. The Hall–Kier alpha value is -1.62. The fourth-order valence-electron chi connectivity index (χ4n) is 2.59. The van der Waals surface area contributed by atoms with E-state index in [1.807, 2.05) is 6.92 Å². The molecule has 2 rings (SSSR count). The average molecular weight is 279 g/mol. The lowest BCUT2D eigenvalue weighted by Crippen LogP contribution is -2.43. The van der Waals surface area contributed by atoms with Crippen LogP contribution in [0.25, 0.3) is 0 Å². The zero-order valence-electron chi connectivity index (χ0n) is 11.9. The van der Waals surface area contributed by atoms with Crippen molar-refractivity contribution in [1.29, 1.82) is 0 Å². The van der Waals surface area contributed by atoms with Crippen LogP contribution in [-0.4, -0.2) is 36.5 Å². The van der Waals surface area contributed by atoms with Crippen molar-refractivity contribution in [2.24, 2.45) is 0 Å². The van der Waals surface area contributed by atoms with Crippen molar-refractivity contribution in [3.8, 4) is 0 Å². The van der Waals surface area contributed by atoms with E-state index in [0.717, 1.165) is 19.6 Å². The van der Waals surface area contributed by atoms with Gasteiger partial charge in [0.15, 0.2) is 0 Å². The highest BCUT2D eigenvalue weighted by Crippen LogP contribution is 2.12. The number of halogens is 1. The van der Waals surface area contributed by atoms with E-state index in [-0.39, 0.29) is 17.5 Å². The lowest BCUT2D eigenvalue weighted by molar-refractivity contribution is 0.0921.